The highest BCUT2D eigenvalue weighted by Gasteiger charge is 1.96. The summed E-state index contributed by atoms with van der Waals surface area (Å²) in [5.41, 5.74) is 11.7. The predicted molar refractivity (Wildman–Crippen MR) is 300 cm³/mol. The van der Waals surface area contributed by atoms with E-state index in [-0.39, 0.29) is 0 Å². The van der Waals surface area contributed by atoms with Crippen molar-refractivity contribution in [1.29, 1.82) is 4.78 Å². The Balaban J connectivity index is 0. The Hall–Kier alpha value is -6.85. The Morgan fingerprint density at radius 1 is 0.400 bits per heavy atom. The topological polar surface area (TPSA) is 223 Å². The van der Waals surface area contributed by atoms with E-state index in [0.29, 0.717) is 5.69 Å². The van der Waals surface area contributed by atoms with Crippen LogP contribution in [0.3, 0.4) is 0 Å². The highest BCUT2D eigenvalue weighted by atomic mass is 32.2. The standard InChI is InChI=1S/4C9H9N.C8H8N2O2S.5C2H6.HNO2S.O2S/c4*1-7-2-3-9-8(6-7)4-5-10-9;11-13(12)10-7-1-2-8-6(5-7)3-4-9-8;5*1-2;1-4(2)3;1-3-2/h4*2-6,10H,1H3;1-5,9-10H,(H,11,12);5*1-2H3;1H;/p-1. The Morgan fingerprint density at radius 2 is 0.600 bits per heavy atom. The quantitative estimate of drug-likeness (QED) is 0.0834. The molecule has 70 heavy (non-hydrogen) atoms. The maximum absolute atomic E-state index is 10.3. The van der Waals surface area contributed by atoms with Crippen molar-refractivity contribution in [2.75, 3.05) is 4.72 Å². The van der Waals surface area contributed by atoms with Gasteiger partial charge in [0.1, 0.15) is 0 Å². The number of hydrogen-bond donors (Lipinski definition) is 7. The number of anilines is 1. The van der Waals surface area contributed by atoms with Gasteiger partial charge in [-0.15, -0.1) is 0 Å². The van der Waals surface area contributed by atoms with Crippen LogP contribution in [0, 0.1) is 32.5 Å². The van der Waals surface area contributed by atoms with Gasteiger partial charge in [-0.05, 0) is 146 Å². The van der Waals surface area contributed by atoms with E-state index < -0.39 is 33.3 Å². The van der Waals surface area contributed by atoms with Crippen molar-refractivity contribution in [2.45, 2.75) is 96.9 Å². The highest BCUT2D eigenvalue weighted by molar-refractivity contribution is 7.80. The molecule has 0 aliphatic rings. The van der Waals surface area contributed by atoms with Crippen molar-refractivity contribution in [1.82, 2.24) is 24.9 Å². The molecule has 0 fully saturated rings. The molecule has 1 atom stereocenters. The molecular formula is C54H74N7O6S3-. The molecule has 0 saturated heterocycles. The fourth-order valence-electron chi connectivity index (χ4n) is 5.90. The minimum absolute atomic E-state index is 0.570. The number of rotatable bonds is 2. The molecule has 16 heteroatoms. The molecule has 0 amide bonds. The van der Waals surface area contributed by atoms with E-state index >= 15 is 0 Å². The first-order chi connectivity index (χ1) is 33.8. The lowest BCUT2D eigenvalue weighted by Crippen LogP contribution is -2.01. The molecule has 0 aliphatic heterocycles. The minimum atomic E-state index is -2.61. The van der Waals surface area contributed by atoms with Crippen molar-refractivity contribution in [3.05, 3.63) is 175 Å². The van der Waals surface area contributed by atoms with Crippen LogP contribution in [0.5, 0.6) is 0 Å². The summed E-state index contributed by atoms with van der Waals surface area (Å²) >= 11 is -3.01. The first-order valence-electron chi connectivity index (χ1n) is 23.2. The number of H-pyrrole nitrogens is 5. The van der Waals surface area contributed by atoms with Crippen LogP contribution in [0.25, 0.3) is 54.5 Å². The molecule has 0 radical (unpaired) electrons. The van der Waals surface area contributed by atoms with Gasteiger partial charge in [0, 0.05) is 80.9 Å². The maximum Gasteiger partial charge on any atom is 0.335 e. The molecular weight excluding hydrogens is 939 g/mol. The molecule has 10 aromatic rings. The summed E-state index contributed by atoms with van der Waals surface area (Å²) in [4.78, 5) is 15.6. The Bertz CT molecular complexity index is 2780. The lowest BCUT2D eigenvalue weighted by Gasteiger charge is -2.07. The largest absolute Gasteiger partial charge is 0.755 e. The third kappa shape index (κ3) is 26.1. The second-order valence-electron chi connectivity index (χ2n) is 13.2. The Labute approximate surface area is 422 Å². The number of aromatic amines is 5. The molecule has 1 unspecified atom stereocenters. The Kier molecular flexibility index (Phi) is 37.3. The normalized spacial score (nSPS) is 9.36. The third-order valence-corrected chi connectivity index (χ3v) is 8.99. The molecule has 10 rings (SSSR count). The van der Waals surface area contributed by atoms with E-state index in [4.69, 9.17) is 21.6 Å². The van der Waals surface area contributed by atoms with E-state index in [2.05, 4.69) is 154 Å². The maximum atomic E-state index is 10.3. The first-order valence-corrected chi connectivity index (χ1v) is 26.0. The van der Waals surface area contributed by atoms with Crippen molar-refractivity contribution in [2.24, 2.45) is 0 Å². The summed E-state index contributed by atoms with van der Waals surface area (Å²) in [6.45, 7) is 28.4. The van der Waals surface area contributed by atoms with Crippen molar-refractivity contribution >= 4 is 93.5 Å². The lowest BCUT2D eigenvalue weighted by molar-refractivity contribution is 0.542. The van der Waals surface area contributed by atoms with Crippen LogP contribution in [0.1, 0.15) is 91.5 Å². The Morgan fingerprint density at radius 3 is 0.814 bits per heavy atom. The van der Waals surface area contributed by atoms with Gasteiger partial charge in [0.25, 0.3) is 0 Å². The molecule has 7 N–H and O–H groups in total. The van der Waals surface area contributed by atoms with Crippen LogP contribution in [0.2, 0.25) is 0 Å². The predicted octanol–water partition coefficient (Wildman–Crippen LogP) is 15.4. The summed E-state index contributed by atoms with van der Waals surface area (Å²) in [5.74, 6) is 0. The van der Waals surface area contributed by atoms with Gasteiger partial charge in [-0.2, -0.15) is 21.6 Å². The molecule has 5 aromatic carbocycles. The molecule has 0 saturated carbocycles. The zero-order chi connectivity index (χ0) is 53.4. The average Bonchev–Trinajstić information content (AvgIpc) is 4.24. The number of aryl methyl sites for hydroxylation is 4. The number of aromatic nitrogens is 5. The zero-order valence-corrected chi connectivity index (χ0v) is 45.6. The summed E-state index contributed by atoms with van der Waals surface area (Å²) < 4.78 is 62.4. The monoisotopic (exact) mass is 1010 g/mol. The van der Waals surface area contributed by atoms with Gasteiger partial charge >= 0.3 is 22.1 Å². The summed E-state index contributed by atoms with van der Waals surface area (Å²) in [7, 11) is -2.61. The fraction of sp³-hybridized carbons (Fsp3) is 0.259. The lowest BCUT2D eigenvalue weighted by atomic mass is 10.2. The SMILES string of the molecule is CC.CC.CC.CC.CC.Cc1ccc2[nH]ccc2c1.Cc1ccc2[nH]ccc2c1.Cc1ccc2[nH]ccc2c1.Cc1ccc2[nH]ccc2c1.N=S(=O)=O.O=S([O-])Nc1ccc2[nH]ccc2c1.O=S=O. The number of nitrogens with one attached hydrogen (secondary N) is 7. The molecule has 0 bridgehead atoms. The van der Waals surface area contributed by atoms with Crippen LogP contribution in [0.4, 0.5) is 5.69 Å². The smallest absolute Gasteiger partial charge is 0.335 e. The van der Waals surface area contributed by atoms with E-state index in [9.17, 15) is 8.76 Å². The summed E-state index contributed by atoms with van der Waals surface area (Å²) in [5, 5.41) is 6.15. The number of hydrogen-bond acceptors (Lipinski definition) is 7. The molecule has 380 valence electrons. The van der Waals surface area contributed by atoms with Crippen LogP contribution >= 0.6 is 0 Å². The third-order valence-electron chi connectivity index (χ3n) is 8.59. The van der Waals surface area contributed by atoms with Gasteiger partial charge < -0.3 is 34.2 Å². The second-order valence-corrected chi connectivity index (χ2v) is 14.5. The van der Waals surface area contributed by atoms with Gasteiger partial charge in [0.05, 0.1) is 0 Å². The van der Waals surface area contributed by atoms with E-state index in [0.717, 1.165) is 10.9 Å². The molecule has 0 spiro atoms. The number of fused-ring (bicyclic) bond motifs is 5. The van der Waals surface area contributed by atoms with Gasteiger partial charge in [-0.3, -0.25) is 4.21 Å². The number of benzene rings is 5. The van der Waals surface area contributed by atoms with Crippen molar-refractivity contribution in [3.63, 3.8) is 0 Å². The van der Waals surface area contributed by atoms with Gasteiger partial charge in [0.2, 0.25) is 0 Å². The summed E-state index contributed by atoms with van der Waals surface area (Å²) in [6, 6.07) is 41.1. The van der Waals surface area contributed by atoms with Crippen LogP contribution in [-0.4, -0.2) is 50.5 Å². The van der Waals surface area contributed by atoms with Crippen LogP contribution in [-0.2, 0) is 33.3 Å². The minimum Gasteiger partial charge on any atom is -0.755 e. The molecule has 0 aliphatic carbocycles. The van der Waals surface area contributed by atoms with E-state index in [1.54, 1.807) is 12.1 Å². The highest BCUT2D eigenvalue weighted by Crippen LogP contribution is 2.18. The van der Waals surface area contributed by atoms with Crippen molar-refractivity contribution < 1.29 is 25.6 Å². The van der Waals surface area contributed by atoms with Crippen LogP contribution in [0.15, 0.2) is 152 Å². The van der Waals surface area contributed by atoms with Gasteiger partial charge in [-0.1, -0.05) is 116 Å². The molecule has 13 nitrogen and oxygen atoms in total. The van der Waals surface area contributed by atoms with Gasteiger partial charge in [-0.25, -0.2) is 0 Å². The first kappa shape index (κ1) is 65.2. The van der Waals surface area contributed by atoms with E-state index in [1.165, 1.54) is 65.9 Å². The molecule has 5 aromatic heterocycles. The summed E-state index contributed by atoms with van der Waals surface area (Å²) in [6.07, 6.45) is 9.66. The van der Waals surface area contributed by atoms with Crippen LogP contribution < -0.4 is 4.72 Å². The molecule has 5 heterocycles. The van der Waals surface area contributed by atoms with Gasteiger partial charge in [0.15, 0.2) is 0 Å². The fourth-order valence-corrected chi connectivity index (χ4v) is 6.22. The zero-order valence-electron chi connectivity index (χ0n) is 43.1. The average molecular weight is 1010 g/mol. The second kappa shape index (κ2) is 40.1. The van der Waals surface area contributed by atoms with E-state index in [1.807, 2.05) is 112 Å². The van der Waals surface area contributed by atoms with Crippen molar-refractivity contribution in [3.8, 4) is 0 Å².